The van der Waals surface area contributed by atoms with Gasteiger partial charge in [-0.3, -0.25) is 4.98 Å². The van der Waals surface area contributed by atoms with Crippen molar-refractivity contribution in [2.24, 2.45) is 0 Å². The lowest BCUT2D eigenvalue weighted by Gasteiger charge is -2.11. The van der Waals surface area contributed by atoms with Crippen LogP contribution < -0.4 is 0 Å². The van der Waals surface area contributed by atoms with E-state index >= 15 is 0 Å². The minimum absolute atomic E-state index is 0.373. The van der Waals surface area contributed by atoms with Gasteiger partial charge >= 0.3 is 0 Å². The first-order valence-electron chi connectivity index (χ1n) is 6.84. The van der Waals surface area contributed by atoms with Crippen LogP contribution in [0, 0.1) is 6.92 Å². The Morgan fingerprint density at radius 1 is 1.11 bits per heavy atom. The number of pyridine rings is 1. The molecule has 0 saturated heterocycles. The Morgan fingerprint density at radius 2 is 1.95 bits per heavy atom. The Kier molecular flexibility index (Phi) is 4.69. The van der Waals surface area contributed by atoms with E-state index in [0.29, 0.717) is 12.8 Å². The molecule has 0 aliphatic rings. The van der Waals surface area contributed by atoms with Crippen molar-refractivity contribution in [3.05, 3.63) is 65.0 Å². The van der Waals surface area contributed by atoms with Crippen LogP contribution in [0.5, 0.6) is 0 Å². The van der Waals surface area contributed by atoms with Gasteiger partial charge in [0.05, 0.1) is 6.10 Å². The second kappa shape index (κ2) is 6.48. The third-order valence-electron chi connectivity index (χ3n) is 3.29. The van der Waals surface area contributed by atoms with Gasteiger partial charge < -0.3 is 5.11 Å². The molecular formula is C17H21NO. The zero-order valence-electron chi connectivity index (χ0n) is 11.6. The molecule has 1 aromatic carbocycles. The van der Waals surface area contributed by atoms with E-state index in [1.54, 1.807) is 0 Å². The summed E-state index contributed by atoms with van der Waals surface area (Å²) in [4.78, 5) is 4.39. The Hall–Kier alpha value is -1.67. The number of rotatable bonds is 5. The van der Waals surface area contributed by atoms with Crippen LogP contribution >= 0.6 is 0 Å². The molecule has 2 nitrogen and oxygen atoms in total. The standard InChI is InChI=1S/C17H21NO/c1-3-14-7-8-16(18-12-14)11-17(19)10-15-6-4-5-13(2)9-15/h4-9,12,17,19H,3,10-11H2,1-2H3. The highest BCUT2D eigenvalue weighted by Gasteiger charge is 2.08. The molecule has 0 amide bonds. The van der Waals surface area contributed by atoms with E-state index in [-0.39, 0.29) is 6.10 Å². The lowest BCUT2D eigenvalue weighted by Crippen LogP contribution is -2.14. The van der Waals surface area contributed by atoms with Crippen molar-refractivity contribution in [2.45, 2.75) is 39.2 Å². The van der Waals surface area contributed by atoms with Gasteiger partial charge in [-0.25, -0.2) is 0 Å². The summed E-state index contributed by atoms with van der Waals surface area (Å²) in [6, 6.07) is 12.4. The fraction of sp³-hybridized carbons (Fsp3) is 0.353. The fourth-order valence-electron chi connectivity index (χ4n) is 2.21. The van der Waals surface area contributed by atoms with Gasteiger partial charge in [-0.1, -0.05) is 42.8 Å². The summed E-state index contributed by atoms with van der Waals surface area (Å²) >= 11 is 0. The summed E-state index contributed by atoms with van der Waals surface area (Å²) in [6.45, 7) is 4.18. The monoisotopic (exact) mass is 255 g/mol. The molecule has 0 fully saturated rings. The predicted octanol–water partition coefficient (Wildman–Crippen LogP) is 3.10. The first-order valence-corrected chi connectivity index (χ1v) is 6.84. The van der Waals surface area contributed by atoms with Crippen LogP contribution in [0.25, 0.3) is 0 Å². The number of hydrogen-bond donors (Lipinski definition) is 1. The molecule has 19 heavy (non-hydrogen) atoms. The van der Waals surface area contributed by atoms with E-state index in [0.717, 1.165) is 12.1 Å². The Bertz CT molecular complexity index is 519. The molecular weight excluding hydrogens is 234 g/mol. The number of aryl methyl sites for hydroxylation is 2. The van der Waals surface area contributed by atoms with Gasteiger partial charge in [-0.05, 0) is 37.0 Å². The molecule has 0 aliphatic carbocycles. The topological polar surface area (TPSA) is 33.1 Å². The van der Waals surface area contributed by atoms with E-state index in [4.69, 9.17) is 0 Å². The fourth-order valence-corrected chi connectivity index (χ4v) is 2.21. The molecule has 2 heteroatoms. The molecule has 1 N–H and O–H groups in total. The maximum atomic E-state index is 10.1. The maximum absolute atomic E-state index is 10.1. The summed E-state index contributed by atoms with van der Waals surface area (Å²) < 4.78 is 0. The largest absolute Gasteiger partial charge is 0.392 e. The highest BCUT2D eigenvalue weighted by molar-refractivity contribution is 5.23. The van der Waals surface area contributed by atoms with Gasteiger partial charge in [0.25, 0.3) is 0 Å². The maximum Gasteiger partial charge on any atom is 0.0635 e. The van der Waals surface area contributed by atoms with E-state index in [1.807, 2.05) is 18.3 Å². The van der Waals surface area contributed by atoms with Crippen molar-refractivity contribution in [3.8, 4) is 0 Å². The minimum Gasteiger partial charge on any atom is -0.392 e. The van der Waals surface area contributed by atoms with Gasteiger partial charge in [0.15, 0.2) is 0 Å². The zero-order valence-corrected chi connectivity index (χ0v) is 11.6. The third-order valence-corrected chi connectivity index (χ3v) is 3.29. The van der Waals surface area contributed by atoms with E-state index in [2.05, 4.69) is 43.1 Å². The van der Waals surface area contributed by atoms with E-state index in [9.17, 15) is 5.11 Å². The lowest BCUT2D eigenvalue weighted by molar-refractivity contribution is 0.174. The Morgan fingerprint density at radius 3 is 2.58 bits per heavy atom. The number of benzene rings is 1. The highest BCUT2D eigenvalue weighted by Crippen LogP contribution is 2.10. The van der Waals surface area contributed by atoms with Crippen LogP contribution in [0.1, 0.15) is 29.3 Å². The summed E-state index contributed by atoms with van der Waals surface area (Å²) in [5.74, 6) is 0. The summed E-state index contributed by atoms with van der Waals surface area (Å²) in [5, 5.41) is 10.1. The molecule has 0 aliphatic heterocycles. The van der Waals surface area contributed by atoms with Crippen LogP contribution in [0.15, 0.2) is 42.6 Å². The average Bonchev–Trinajstić information content (AvgIpc) is 2.39. The molecule has 2 rings (SSSR count). The Balaban J connectivity index is 1.95. The minimum atomic E-state index is -0.373. The molecule has 0 spiro atoms. The predicted molar refractivity (Wildman–Crippen MR) is 78.2 cm³/mol. The van der Waals surface area contributed by atoms with E-state index in [1.165, 1.54) is 16.7 Å². The quantitative estimate of drug-likeness (QED) is 0.890. The van der Waals surface area contributed by atoms with E-state index < -0.39 is 0 Å². The first-order chi connectivity index (χ1) is 9.17. The van der Waals surface area contributed by atoms with Crippen molar-refractivity contribution in [1.29, 1.82) is 0 Å². The molecule has 1 aromatic heterocycles. The second-order valence-corrected chi connectivity index (χ2v) is 5.06. The normalized spacial score (nSPS) is 12.4. The highest BCUT2D eigenvalue weighted by atomic mass is 16.3. The molecule has 2 aromatic rings. The van der Waals surface area contributed by atoms with Crippen LogP contribution in [0.3, 0.4) is 0 Å². The second-order valence-electron chi connectivity index (χ2n) is 5.06. The van der Waals surface area contributed by atoms with Gasteiger partial charge in [0.1, 0.15) is 0 Å². The van der Waals surface area contributed by atoms with Crippen molar-refractivity contribution in [3.63, 3.8) is 0 Å². The summed E-state index contributed by atoms with van der Waals surface area (Å²) in [5.41, 5.74) is 4.60. The van der Waals surface area contributed by atoms with Crippen molar-refractivity contribution < 1.29 is 5.11 Å². The molecule has 1 heterocycles. The number of nitrogens with zero attached hydrogens (tertiary/aromatic N) is 1. The van der Waals surface area contributed by atoms with Crippen molar-refractivity contribution in [1.82, 2.24) is 4.98 Å². The Labute approximate surface area is 115 Å². The number of aromatic nitrogens is 1. The van der Waals surface area contributed by atoms with Crippen molar-refractivity contribution in [2.75, 3.05) is 0 Å². The summed E-state index contributed by atoms with van der Waals surface area (Å²) in [7, 11) is 0. The van der Waals surface area contributed by atoms with Crippen LogP contribution in [-0.2, 0) is 19.3 Å². The van der Waals surface area contributed by atoms with Crippen LogP contribution in [-0.4, -0.2) is 16.2 Å². The smallest absolute Gasteiger partial charge is 0.0635 e. The van der Waals surface area contributed by atoms with Crippen LogP contribution in [0.2, 0.25) is 0 Å². The zero-order chi connectivity index (χ0) is 13.7. The first kappa shape index (κ1) is 13.8. The number of aliphatic hydroxyl groups excluding tert-OH is 1. The molecule has 0 saturated carbocycles. The third kappa shape index (κ3) is 4.18. The summed E-state index contributed by atoms with van der Waals surface area (Å²) in [6.07, 6.45) is 3.81. The number of hydrogen-bond acceptors (Lipinski definition) is 2. The van der Waals surface area contributed by atoms with Gasteiger partial charge in [0.2, 0.25) is 0 Å². The van der Waals surface area contributed by atoms with Gasteiger partial charge in [0, 0.05) is 18.3 Å². The molecule has 100 valence electrons. The average molecular weight is 255 g/mol. The SMILES string of the molecule is CCc1ccc(CC(O)Cc2cccc(C)c2)nc1. The van der Waals surface area contributed by atoms with Gasteiger partial charge in [-0.15, -0.1) is 0 Å². The van der Waals surface area contributed by atoms with Crippen LogP contribution in [0.4, 0.5) is 0 Å². The van der Waals surface area contributed by atoms with Crippen molar-refractivity contribution >= 4 is 0 Å². The molecule has 0 radical (unpaired) electrons. The molecule has 1 unspecified atom stereocenters. The lowest BCUT2D eigenvalue weighted by atomic mass is 10.0. The van der Waals surface area contributed by atoms with Gasteiger partial charge in [-0.2, -0.15) is 0 Å². The molecule has 1 atom stereocenters. The molecule has 0 bridgehead atoms. The number of aliphatic hydroxyl groups is 1.